The summed E-state index contributed by atoms with van der Waals surface area (Å²) in [4.78, 5) is 37.3. The van der Waals surface area contributed by atoms with Crippen molar-refractivity contribution in [2.75, 3.05) is 29.0 Å². The molecule has 6 rings (SSSR count). The molecule has 0 spiro atoms. The van der Waals surface area contributed by atoms with E-state index in [-0.39, 0.29) is 28.3 Å². The topological polar surface area (TPSA) is 200 Å². The monoisotopic (exact) mass is 910 g/mol. The fourth-order valence-corrected chi connectivity index (χ4v) is 7.97. The quantitative estimate of drug-likeness (QED) is 0.0531. The summed E-state index contributed by atoms with van der Waals surface area (Å²) in [5.74, 6) is 3.46. The zero-order valence-electron chi connectivity index (χ0n) is 33.1. The van der Waals surface area contributed by atoms with Crippen LogP contribution in [0.25, 0.3) is 0 Å². The summed E-state index contributed by atoms with van der Waals surface area (Å²) < 4.78 is 0. The van der Waals surface area contributed by atoms with Crippen LogP contribution in [-0.2, 0) is 13.1 Å². The summed E-state index contributed by atoms with van der Waals surface area (Å²) in [6, 6.07) is 10.4. The minimum absolute atomic E-state index is 0.0211. The molecule has 2 fully saturated rings. The molecular formula is C40H51Cl5N10O4. The summed E-state index contributed by atoms with van der Waals surface area (Å²) in [5, 5.41) is 34.1. The Balaban J connectivity index is 0.000000220. The van der Waals surface area contributed by atoms with Gasteiger partial charge in [-0.15, -0.1) is 0 Å². The summed E-state index contributed by atoms with van der Waals surface area (Å²) in [6.45, 7) is 6.63. The second kappa shape index (κ2) is 24.5. The number of nitrogens with zero attached hydrogens (tertiary/aromatic N) is 6. The molecule has 320 valence electrons. The van der Waals surface area contributed by atoms with Gasteiger partial charge in [-0.05, 0) is 108 Å². The minimum atomic E-state index is -0.493. The maximum atomic E-state index is 11.4. The number of hydrogen-bond acceptors (Lipinski definition) is 12. The number of nitrogens with one attached hydrogen (secondary N) is 3. The first-order valence-electron chi connectivity index (χ1n) is 19.8. The first kappa shape index (κ1) is 47.9. The van der Waals surface area contributed by atoms with Crippen LogP contribution in [0.2, 0.25) is 25.4 Å². The van der Waals surface area contributed by atoms with Crippen LogP contribution in [-0.4, -0.2) is 42.9 Å². The first-order chi connectivity index (χ1) is 28.3. The third kappa shape index (κ3) is 15.6. The highest BCUT2D eigenvalue weighted by molar-refractivity contribution is 6.34. The maximum Gasteiger partial charge on any atom is 0.329 e. The van der Waals surface area contributed by atoms with E-state index in [0.29, 0.717) is 64.1 Å². The Morgan fingerprint density at radius 3 is 1.54 bits per heavy atom. The molecule has 0 amide bonds. The van der Waals surface area contributed by atoms with Gasteiger partial charge in [0.05, 0.1) is 9.85 Å². The summed E-state index contributed by atoms with van der Waals surface area (Å²) in [7, 11) is 0. The van der Waals surface area contributed by atoms with E-state index in [2.05, 4.69) is 49.7 Å². The average Bonchev–Trinajstić information content (AvgIpc) is 3.24. The number of rotatable bonds is 14. The maximum absolute atomic E-state index is 11.4. The van der Waals surface area contributed by atoms with Gasteiger partial charge in [-0.3, -0.25) is 20.2 Å². The number of nitrogens with two attached hydrogens (primary N) is 1. The van der Waals surface area contributed by atoms with Crippen molar-refractivity contribution in [1.82, 2.24) is 19.9 Å². The van der Waals surface area contributed by atoms with Crippen LogP contribution in [0.5, 0.6) is 0 Å². The summed E-state index contributed by atoms with van der Waals surface area (Å²) in [6.07, 6.45) is 14.4. The van der Waals surface area contributed by atoms with Crippen LogP contribution in [0.15, 0.2) is 48.8 Å². The van der Waals surface area contributed by atoms with E-state index in [1.165, 1.54) is 44.7 Å². The second-order valence-corrected chi connectivity index (χ2v) is 16.7. The van der Waals surface area contributed by atoms with Crippen molar-refractivity contribution in [1.29, 1.82) is 0 Å². The molecule has 4 aromatic rings. The van der Waals surface area contributed by atoms with Crippen LogP contribution in [0.3, 0.4) is 0 Å². The molecule has 19 heteroatoms. The van der Waals surface area contributed by atoms with Crippen LogP contribution >= 0.6 is 58.0 Å². The first-order valence-corrected chi connectivity index (χ1v) is 21.7. The van der Waals surface area contributed by atoms with Crippen LogP contribution < -0.4 is 21.7 Å². The molecule has 2 saturated carbocycles. The van der Waals surface area contributed by atoms with E-state index in [1.54, 1.807) is 36.4 Å². The van der Waals surface area contributed by atoms with Crippen LogP contribution in [0.1, 0.15) is 89.2 Å². The van der Waals surface area contributed by atoms with Crippen molar-refractivity contribution in [2.45, 2.75) is 91.1 Å². The number of hydrogen-bond donors (Lipinski definition) is 4. The molecule has 2 aliphatic rings. The van der Waals surface area contributed by atoms with Crippen molar-refractivity contribution in [3.63, 3.8) is 0 Å². The van der Waals surface area contributed by atoms with Gasteiger partial charge in [0.25, 0.3) is 0 Å². The van der Waals surface area contributed by atoms with Crippen LogP contribution in [0, 0.1) is 43.9 Å². The molecule has 5 N–H and O–H groups in total. The fraction of sp³-hybridized carbons (Fsp3) is 0.500. The molecule has 0 saturated heterocycles. The van der Waals surface area contributed by atoms with Crippen molar-refractivity contribution in [3.8, 4) is 0 Å². The molecule has 0 unspecified atom stereocenters. The lowest BCUT2D eigenvalue weighted by Crippen LogP contribution is -2.22. The third-order valence-corrected chi connectivity index (χ3v) is 12.2. The smallest absolute Gasteiger partial charge is 0.329 e. The molecule has 0 atom stereocenters. The Hall–Kier alpha value is -3.79. The van der Waals surface area contributed by atoms with E-state index in [9.17, 15) is 20.2 Å². The van der Waals surface area contributed by atoms with Crippen molar-refractivity contribution >= 4 is 87.0 Å². The van der Waals surface area contributed by atoms with Crippen molar-refractivity contribution in [3.05, 3.63) is 106 Å². The van der Waals surface area contributed by atoms with E-state index >= 15 is 0 Å². The number of halogens is 5. The van der Waals surface area contributed by atoms with Crippen molar-refractivity contribution in [2.24, 2.45) is 29.4 Å². The highest BCUT2D eigenvalue weighted by Gasteiger charge is 2.24. The molecule has 0 aliphatic heterocycles. The Bertz CT molecular complexity index is 1980. The third-order valence-electron chi connectivity index (χ3n) is 10.8. The predicted molar refractivity (Wildman–Crippen MR) is 239 cm³/mol. The van der Waals surface area contributed by atoms with Gasteiger partial charge >= 0.3 is 11.4 Å². The Labute approximate surface area is 370 Å². The molecule has 2 heterocycles. The second-order valence-electron chi connectivity index (χ2n) is 14.7. The Kier molecular flexibility index (Phi) is 19.9. The van der Waals surface area contributed by atoms with Gasteiger partial charge in [0.1, 0.15) is 12.4 Å². The average molecular weight is 913 g/mol. The number of nitro groups is 2. The largest absolute Gasteiger partial charge is 0.364 e. The van der Waals surface area contributed by atoms with E-state index < -0.39 is 9.85 Å². The standard InChI is InChI=1S/C20H25Cl2N5O2.C13H19ClN4O2.C7H7Cl2N/c1-2-13-3-5-14(6-4-13)10-23-19-18(27(28)29)12-25-20(26-19)24-11-15-9-16(21)7-8-17(15)22;1-2-9-3-5-10(6-4-9)7-15-12-11(18(19)20)8-16-13(14)17-12;8-6-1-2-7(9)5(3-6)4-10/h7-9,12-14H,2-6,10-11H2,1H3,(H2,23,24,25,26);8-10H,2-7H2,1H3,(H,15,16,17);1-3H,4,10H2. The molecule has 0 bridgehead atoms. The zero-order valence-corrected chi connectivity index (χ0v) is 36.9. The van der Waals surface area contributed by atoms with E-state index in [4.69, 9.17) is 63.7 Å². The zero-order chi connectivity index (χ0) is 42.9. The van der Waals surface area contributed by atoms with Gasteiger partial charge in [-0.25, -0.2) is 9.97 Å². The minimum Gasteiger partial charge on any atom is -0.364 e. The highest BCUT2D eigenvalue weighted by Crippen LogP contribution is 2.33. The Morgan fingerprint density at radius 2 is 1.08 bits per heavy atom. The van der Waals surface area contributed by atoms with Gasteiger partial charge in [0, 0.05) is 46.3 Å². The SMILES string of the molecule is CCC1CCC(CNc2nc(Cl)ncc2[N+](=O)[O-])CC1.CCC1CCC(CNc2nc(NCc3cc(Cl)ccc3Cl)ncc2[N+](=O)[O-])CC1.NCc1cc(Cl)ccc1Cl. The van der Waals surface area contributed by atoms with Crippen LogP contribution in [0.4, 0.5) is 29.0 Å². The van der Waals surface area contributed by atoms with Crippen molar-refractivity contribution < 1.29 is 9.85 Å². The predicted octanol–water partition coefficient (Wildman–Crippen LogP) is 12.1. The van der Waals surface area contributed by atoms with Gasteiger partial charge in [-0.2, -0.15) is 9.97 Å². The summed E-state index contributed by atoms with van der Waals surface area (Å²) in [5.41, 5.74) is 6.80. The molecular weight excluding hydrogens is 862 g/mol. The van der Waals surface area contributed by atoms with Gasteiger partial charge < -0.3 is 21.7 Å². The highest BCUT2D eigenvalue weighted by atomic mass is 35.5. The molecule has 2 aromatic carbocycles. The van der Waals surface area contributed by atoms with Gasteiger partial charge in [0.15, 0.2) is 0 Å². The molecule has 14 nitrogen and oxygen atoms in total. The fourth-order valence-electron chi connectivity index (χ4n) is 7.06. The lowest BCUT2D eigenvalue weighted by Gasteiger charge is -2.27. The molecule has 0 radical (unpaired) electrons. The molecule has 59 heavy (non-hydrogen) atoms. The van der Waals surface area contributed by atoms with E-state index in [1.807, 2.05) is 0 Å². The Morgan fingerprint density at radius 1 is 0.644 bits per heavy atom. The number of aromatic nitrogens is 4. The van der Waals surface area contributed by atoms with Gasteiger partial charge in [0.2, 0.25) is 22.9 Å². The lowest BCUT2D eigenvalue weighted by molar-refractivity contribution is -0.384. The van der Waals surface area contributed by atoms with Gasteiger partial charge in [-0.1, -0.05) is 98.8 Å². The lowest BCUT2D eigenvalue weighted by atomic mass is 9.81. The number of anilines is 3. The number of benzene rings is 2. The van der Waals surface area contributed by atoms with E-state index in [0.717, 1.165) is 54.8 Å². The molecule has 2 aliphatic carbocycles. The molecule has 2 aromatic heterocycles. The summed E-state index contributed by atoms with van der Waals surface area (Å²) >= 11 is 29.3. The normalized spacial score (nSPS) is 18.6.